The lowest BCUT2D eigenvalue weighted by Gasteiger charge is -2.18. The molecule has 0 fully saturated rings. The predicted octanol–water partition coefficient (Wildman–Crippen LogP) is 18.4. The Hall–Kier alpha value is -4.71. The summed E-state index contributed by atoms with van der Waals surface area (Å²) in [5.74, 6) is -1.12. The van der Waals surface area contributed by atoms with Crippen molar-refractivity contribution in [3.05, 3.63) is 146 Å². The van der Waals surface area contributed by atoms with Gasteiger partial charge in [0, 0.05) is 19.3 Å². The number of ether oxygens (including phenoxy) is 3. The van der Waals surface area contributed by atoms with E-state index in [1.54, 1.807) is 0 Å². The van der Waals surface area contributed by atoms with E-state index in [1.165, 1.54) is 64.2 Å². The fourth-order valence-electron chi connectivity index (χ4n) is 6.85. The molecule has 0 bridgehead atoms. The summed E-state index contributed by atoms with van der Waals surface area (Å²) >= 11 is 0. The molecule has 0 saturated carbocycles. The summed E-state index contributed by atoms with van der Waals surface area (Å²) in [6, 6.07) is 0. The Morgan fingerprint density at radius 3 is 0.884 bits per heavy atom. The van der Waals surface area contributed by atoms with Crippen LogP contribution < -0.4 is 0 Å². The van der Waals surface area contributed by atoms with Crippen molar-refractivity contribution < 1.29 is 28.6 Å². The monoisotopic (exact) mass is 951 g/mol. The summed E-state index contributed by atoms with van der Waals surface area (Å²) in [6.45, 7) is 6.27. The number of carbonyl (C=O) groups excluding carboxylic acids is 3. The summed E-state index contributed by atoms with van der Waals surface area (Å²) in [5, 5.41) is 0. The van der Waals surface area contributed by atoms with Gasteiger partial charge in [-0.25, -0.2) is 0 Å². The first-order chi connectivity index (χ1) is 34.0. The average molecular weight is 951 g/mol. The molecule has 69 heavy (non-hydrogen) atoms. The molecular weight excluding hydrogens is 853 g/mol. The van der Waals surface area contributed by atoms with Gasteiger partial charge in [0.15, 0.2) is 6.10 Å². The maximum absolute atomic E-state index is 12.8. The highest BCUT2D eigenvalue weighted by Crippen LogP contribution is 2.14. The lowest BCUT2D eigenvalue weighted by molar-refractivity contribution is -0.166. The third-order valence-corrected chi connectivity index (χ3v) is 10.9. The molecule has 0 aromatic carbocycles. The second kappa shape index (κ2) is 55.9. The Morgan fingerprint density at radius 2 is 0.565 bits per heavy atom. The summed E-state index contributed by atoms with van der Waals surface area (Å²) in [4.78, 5) is 38.0. The van der Waals surface area contributed by atoms with Gasteiger partial charge in [0.2, 0.25) is 0 Å². The molecule has 6 heteroatoms. The number of unbranched alkanes of at least 4 members (excludes halogenated alkanes) is 12. The summed E-state index contributed by atoms with van der Waals surface area (Å²) < 4.78 is 16.7. The minimum Gasteiger partial charge on any atom is -0.462 e. The smallest absolute Gasteiger partial charge is 0.306 e. The first-order valence-electron chi connectivity index (χ1n) is 27.3. The molecular formula is C63H98O6. The molecule has 0 aliphatic carbocycles. The van der Waals surface area contributed by atoms with E-state index in [0.29, 0.717) is 19.3 Å². The van der Waals surface area contributed by atoms with Crippen LogP contribution in [0.2, 0.25) is 0 Å². The van der Waals surface area contributed by atoms with Gasteiger partial charge in [-0.05, 0) is 96.3 Å². The van der Waals surface area contributed by atoms with Gasteiger partial charge in [-0.3, -0.25) is 14.4 Å². The average Bonchev–Trinajstić information content (AvgIpc) is 3.35. The number of rotatable bonds is 47. The van der Waals surface area contributed by atoms with Crippen molar-refractivity contribution in [2.75, 3.05) is 13.2 Å². The third kappa shape index (κ3) is 54.1. The van der Waals surface area contributed by atoms with Crippen LogP contribution in [-0.4, -0.2) is 37.2 Å². The van der Waals surface area contributed by atoms with Gasteiger partial charge >= 0.3 is 17.9 Å². The Bertz CT molecular complexity index is 1560. The van der Waals surface area contributed by atoms with Crippen molar-refractivity contribution in [3.8, 4) is 0 Å². The van der Waals surface area contributed by atoms with Crippen LogP contribution in [0.15, 0.2) is 146 Å². The van der Waals surface area contributed by atoms with E-state index in [9.17, 15) is 14.4 Å². The topological polar surface area (TPSA) is 78.9 Å². The highest BCUT2D eigenvalue weighted by Gasteiger charge is 2.19. The predicted molar refractivity (Wildman–Crippen MR) is 297 cm³/mol. The largest absolute Gasteiger partial charge is 0.462 e. The van der Waals surface area contributed by atoms with Crippen LogP contribution in [0.1, 0.15) is 213 Å². The van der Waals surface area contributed by atoms with Crippen LogP contribution in [0.5, 0.6) is 0 Å². The molecule has 0 aromatic heterocycles. The van der Waals surface area contributed by atoms with E-state index < -0.39 is 12.1 Å². The van der Waals surface area contributed by atoms with Gasteiger partial charge in [0.1, 0.15) is 13.2 Å². The minimum atomic E-state index is -0.854. The van der Waals surface area contributed by atoms with E-state index >= 15 is 0 Å². The van der Waals surface area contributed by atoms with Crippen LogP contribution in [0, 0.1) is 0 Å². The van der Waals surface area contributed by atoms with Crippen molar-refractivity contribution in [2.24, 2.45) is 0 Å². The second-order valence-corrected chi connectivity index (χ2v) is 17.4. The van der Waals surface area contributed by atoms with Crippen LogP contribution >= 0.6 is 0 Å². The zero-order valence-corrected chi connectivity index (χ0v) is 44.0. The maximum Gasteiger partial charge on any atom is 0.306 e. The molecule has 0 rings (SSSR count). The molecule has 6 nitrogen and oxygen atoms in total. The Morgan fingerprint density at radius 1 is 0.304 bits per heavy atom. The van der Waals surface area contributed by atoms with Crippen molar-refractivity contribution in [2.45, 2.75) is 219 Å². The van der Waals surface area contributed by atoms with Crippen LogP contribution in [-0.2, 0) is 28.6 Å². The fourth-order valence-corrected chi connectivity index (χ4v) is 6.85. The summed E-state index contributed by atoms with van der Waals surface area (Å²) in [6.07, 6.45) is 80.0. The van der Waals surface area contributed by atoms with Crippen LogP contribution in [0.3, 0.4) is 0 Å². The van der Waals surface area contributed by atoms with Crippen LogP contribution in [0.25, 0.3) is 0 Å². The van der Waals surface area contributed by atoms with Crippen molar-refractivity contribution in [1.82, 2.24) is 0 Å². The number of carbonyl (C=O) groups is 3. The van der Waals surface area contributed by atoms with Gasteiger partial charge in [0.05, 0.1) is 0 Å². The van der Waals surface area contributed by atoms with Crippen molar-refractivity contribution >= 4 is 17.9 Å². The molecule has 0 saturated heterocycles. The highest BCUT2D eigenvalue weighted by molar-refractivity contribution is 5.71. The maximum atomic E-state index is 12.8. The molecule has 1 atom stereocenters. The van der Waals surface area contributed by atoms with Gasteiger partial charge in [-0.15, -0.1) is 0 Å². The van der Waals surface area contributed by atoms with Crippen LogP contribution in [0.4, 0.5) is 0 Å². The molecule has 0 aliphatic heterocycles. The molecule has 0 radical (unpaired) electrons. The van der Waals surface area contributed by atoms with Gasteiger partial charge in [-0.1, -0.05) is 244 Å². The molecule has 0 unspecified atom stereocenters. The standard InChI is InChI=1S/C63H98O6/c1-4-7-10-13-16-19-22-25-27-29-31-33-35-38-41-44-47-50-53-56-62(65)68-59-60(58-67-61(64)55-52-49-46-43-40-37-24-21-18-15-12-9-6-3)69-63(66)57-54-51-48-45-42-39-36-34-32-30-28-26-23-20-17-14-11-8-5-2/h7-8,10-11,16-17,19-20,25-28,31-34,38-39,41-42,47-48,50-51,60H,4-6,9,12-15,18,21-24,29-30,35-37,40,43-46,49,52-59H2,1-3H3/b10-7-,11-8-,19-16-,20-17-,27-25-,28-26-,33-31-,34-32-,41-38-,42-39-,50-47-,51-48-/t60-/m0/s1. The van der Waals surface area contributed by atoms with E-state index in [1.807, 2.05) is 24.3 Å². The van der Waals surface area contributed by atoms with Crippen molar-refractivity contribution in [3.63, 3.8) is 0 Å². The Labute approximate surface area is 423 Å². The molecule has 386 valence electrons. The first-order valence-corrected chi connectivity index (χ1v) is 27.3. The first kappa shape index (κ1) is 64.3. The lowest BCUT2D eigenvalue weighted by Crippen LogP contribution is -2.30. The Balaban J connectivity index is 4.64. The SMILES string of the molecule is CC/C=C\C/C=C\C/C=C\C/C=C\C/C=C\C/C=C\CCC(=O)OC[C@H](COC(=O)CCCCCCCCCCCCCCC)OC(=O)CC/C=C\C/C=C\C/C=C\C/C=C\C/C=C\C/C=C\CC. The molecule has 0 N–H and O–H groups in total. The van der Waals surface area contributed by atoms with Gasteiger partial charge < -0.3 is 14.2 Å². The fraction of sp³-hybridized carbons (Fsp3) is 0.571. The zero-order chi connectivity index (χ0) is 50.0. The quantitative estimate of drug-likeness (QED) is 0.0262. The Kier molecular flexibility index (Phi) is 52.1. The molecule has 0 aliphatic rings. The minimum absolute atomic E-state index is 0.136. The van der Waals surface area contributed by atoms with E-state index in [4.69, 9.17) is 14.2 Å². The second-order valence-electron chi connectivity index (χ2n) is 17.4. The number of hydrogen-bond donors (Lipinski definition) is 0. The number of esters is 3. The normalized spacial score (nSPS) is 13.3. The van der Waals surface area contributed by atoms with Gasteiger partial charge in [-0.2, -0.15) is 0 Å². The lowest BCUT2D eigenvalue weighted by atomic mass is 10.0. The zero-order valence-electron chi connectivity index (χ0n) is 44.0. The summed E-state index contributed by atoms with van der Waals surface area (Å²) in [7, 11) is 0. The molecule has 0 spiro atoms. The van der Waals surface area contributed by atoms with Gasteiger partial charge in [0.25, 0.3) is 0 Å². The van der Waals surface area contributed by atoms with E-state index in [0.717, 1.165) is 96.3 Å². The highest BCUT2D eigenvalue weighted by atomic mass is 16.6. The summed E-state index contributed by atoms with van der Waals surface area (Å²) in [5.41, 5.74) is 0. The molecule has 0 aromatic rings. The number of allylic oxidation sites excluding steroid dienone is 24. The van der Waals surface area contributed by atoms with E-state index in [2.05, 4.69) is 142 Å². The number of hydrogen-bond acceptors (Lipinski definition) is 6. The van der Waals surface area contributed by atoms with E-state index in [-0.39, 0.29) is 38.0 Å². The van der Waals surface area contributed by atoms with Crippen molar-refractivity contribution in [1.29, 1.82) is 0 Å². The molecule has 0 heterocycles. The third-order valence-electron chi connectivity index (χ3n) is 10.9. The molecule has 0 amide bonds.